The first-order chi connectivity index (χ1) is 6.33. The van der Waals surface area contributed by atoms with Gasteiger partial charge in [0.2, 0.25) is 0 Å². The van der Waals surface area contributed by atoms with E-state index in [1.54, 1.807) is 12.5 Å². The molecule has 0 aliphatic heterocycles. The maximum atomic E-state index is 13.3. The predicted molar refractivity (Wildman–Crippen MR) is 53.0 cm³/mol. The lowest BCUT2D eigenvalue weighted by Gasteiger charge is -2.04. The average molecular weight is 173 g/mol. The first kappa shape index (κ1) is 8.24. The third kappa shape index (κ3) is 1.31. The van der Waals surface area contributed by atoms with Crippen LogP contribution in [0.1, 0.15) is 12.5 Å². The number of benzene rings is 2. The van der Waals surface area contributed by atoms with Crippen molar-refractivity contribution < 1.29 is 4.39 Å². The van der Waals surface area contributed by atoms with E-state index in [1.807, 2.05) is 31.2 Å². The van der Waals surface area contributed by atoms with E-state index >= 15 is 0 Å². The van der Waals surface area contributed by atoms with Crippen molar-refractivity contribution in [3.8, 4) is 0 Å². The highest BCUT2D eigenvalue weighted by molar-refractivity contribution is 5.86. The first-order valence-corrected chi connectivity index (χ1v) is 4.29. The molecule has 0 bridgehead atoms. The molecule has 2 aromatic rings. The molecule has 1 heteroatoms. The molecule has 0 unspecified atom stereocenters. The molecule has 1 radical (unpaired) electrons. The molecular formula is C12H10F. The maximum Gasteiger partial charge on any atom is 0.127 e. The largest absolute Gasteiger partial charge is 0.207 e. The summed E-state index contributed by atoms with van der Waals surface area (Å²) in [5, 5.41) is 2.06. The van der Waals surface area contributed by atoms with E-state index < -0.39 is 0 Å². The fraction of sp³-hybridized carbons (Fsp3) is 0.0833. The number of hydrogen-bond acceptors (Lipinski definition) is 0. The lowest BCUT2D eigenvalue weighted by Crippen LogP contribution is -1.87. The van der Waals surface area contributed by atoms with Crippen molar-refractivity contribution in [3.63, 3.8) is 0 Å². The molecule has 0 atom stereocenters. The van der Waals surface area contributed by atoms with Gasteiger partial charge in [-0.15, -0.1) is 0 Å². The van der Waals surface area contributed by atoms with Gasteiger partial charge in [0.25, 0.3) is 0 Å². The maximum absolute atomic E-state index is 13.3. The summed E-state index contributed by atoms with van der Waals surface area (Å²) in [4.78, 5) is 0. The third-order valence-electron chi connectivity index (χ3n) is 2.21. The van der Waals surface area contributed by atoms with Gasteiger partial charge in [-0.05, 0) is 28.8 Å². The Bertz CT molecular complexity index is 432. The molecule has 0 N–H and O–H groups in total. The number of hydrogen-bond donors (Lipinski definition) is 0. The van der Waals surface area contributed by atoms with Crippen LogP contribution in [-0.4, -0.2) is 0 Å². The summed E-state index contributed by atoms with van der Waals surface area (Å²) in [6.07, 6.45) is 1.80. The molecule has 2 aromatic carbocycles. The fourth-order valence-corrected chi connectivity index (χ4v) is 1.56. The van der Waals surface area contributed by atoms with Crippen LogP contribution in [0.25, 0.3) is 10.8 Å². The molecule has 0 aliphatic rings. The van der Waals surface area contributed by atoms with Gasteiger partial charge in [0.05, 0.1) is 0 Å². The fourth-order valence-electron chi connectivity index (χ4n) is 1.56. The second-order valence-corrected chi connectivity index (χ2v) is 2.97. The molecular weight excluding hydrogens is 163 g/mol. The minimum atomic E-state index is -0.152. The second kappa shape index (κ2) is 3.17. The molecule has 0 saturated heterocycles. The second-order valence-electron chi connectivity index (χ2n) is 2.97. The zero-order valence-electron chi connectivity index (χ0n) is 7.42. The van der Waals surface area contributed by atoms with E-state index in [2.05, 4.69) is 0 Å². The quantitative estimate of drug-likeness (QED) is 0.618. The summed E-state index contributed by atoms with van der Waals surface area (Å²) >= 11 is 0. The van der Waals surface area contributed by atoms with Crippen molar-refractivity contribution in [2.75, 3.05) is 0 Å². The lowest BCUT2D eigenvalue weighted by molar-refractivity contribution is 0.623. The van der Waals surface area contributed by atoms with Crippen LogP contribution in [0.15, 0.2) is 36.4 Å². The van der Waals surface area contributed by atoms with Crippen LogP contribution in [0.2, 0.25) is 0 Å². The highest BCUT2D eigenvalue weighted by Gasteiger charge is 2.03. The zero-order valence-corrected chi connectivity index (χ0v) is 7.42. The van der Waals surface area contributed by atoms with E-state index in [9.17, 15) is 4.39 Å². The van der Waals surface area contributed by atoms with Crippen molar-refractivity contribution in [1.29, 1.82) is 0 Å². The molecule has 65 valence electrons. The van der Waals surface area contributed by atoms with Crippen LogP contribution < -0.4 is 0 Å². The molecule has 2 rings (SSSR count). The molecule has 0 fully saturated rings. The molecule has 0 heterocycles. The van der Waals surface area contributed by atoms with Crippen molar-refractivity contribution >= 4 is 10.8 Å². The standard InChI is InChI=1S/C12H10F/c1-2-10-11-6-4-3-5-9(11)7-8-12(10)13/h2-8H,1H3. The van der Waals surface area contributed by atoms with Crippen molar-refractivity contribution in [3.05, 3.63) is 54.2 Å². The van der Waals surface area contributed by atoms with Crippen LogP contribution in [0.4, 0.5) is 4.39 Å². The van der Waals surface area contributed by atoms with Crippen molar-refractivity contribution in [2.24, 2.45) is 0 Å². The Labute approximate surface area is 77.0 Å². The summed E-state index contributed by atoms with van der Waals surface area (Å²) < 4.78 is 13.3. The number of fused-ring (bicyclic) bond motifs is 1. The Kier molecular flexibility index (Phi) is 2.01. The van der Waals surface area contributed by atoms with E-state index in [-0.39, 0.29) is 5.82 Å². The summed E-state index contributed by atoms with van der Waals surface area (Å²) in [5.74, 6) is -0.152. The molecule has 0 aliphatic carbocycles. The Morgan fingerprint density at radius 1 is 1.08 bits per heavy atom. The van der Waals surface area contributed by atoms with E-state index in [0.29, 0.717) is 5.56 Å². The Morgan fingerprint density at radius 2 is 1.85 bits per heavy atom. The van der Waals surface area contributed by atoms with Gasteiger partial charge in [0.15, 0.2) is 0 Å². The van der Waals surface area contributed by atoms with Gasteiger partial charge in [-0.3, -0.25) is 0 Å². The van der Waals surface area contributed by atoms with Crippen LogP contribution in [0.5, 0.6) is 0 Å². The zero-order chi connectivity index (χ0) is 9.26. The average Bonchev–Trinajstić information content (AvgIpc) is 2.18. The smallest absolute Gasteiger partial charge is 0.127 e. The van der Waals surface area contributed by atoms with E-state index in [0.717, 1.165) is 10.8 Å². The summed E-state index contributed by atoms with van der Waals surface area (Å²) in [5.41, 5.74) is 0.693. The highest BCUT2D eigenvalue weighted by atomic mass is 19.1. The van der Waals surface area contributed by atoms with Crippen molar-refractivity contribution in [1.82, 2.24) is 0 Å². The van der Waals surface area contributed by atoms with Gasteiger partial charge in [-0.2, -0.15) is 0 Å². The van der Waals surface area contributed by atoms with Gasteiger partial charge in [-0.1, -0.05) is 37.3 Å². The SMILES string of the molecule is C[CH]c1c(F)ccc2ccccc12. The third-order valence-corrected chi connectivity index (χ3v) is 2.21. The van der Waals surface area contributed by atoms with Gasteiger partial charge in [0, 0.05) is 0 Å². The first-order valence-electron chi connectivity index (χ1n) is 4.29. The summed E-state index contributed by atoms with van der Waals surface area (Å²) in [6, 6.07) is 11.1. The Morgan fingerprint density at radius 3 is 2.62 bits per heavy atom. The highest BCUT2D eigenvalue weighted by Crippen LogP contribution is 2.22. The van der Waals surface area contributed by atoms with E-state index in [1.165, 1.54) is 6.07 Å². The van der Waals surface area contributed by atoms with Crippen LogP contribution >= 0.6 is 0 Å². The Balaban J connectivity index is 2.84. The van der Waals surface area contributed by atoms with Crippen LogP contribution in [0.3, 0.4) is 0 Å². The molecule has 0 nitrogen and oxygen atoms in total. The molecule has 0 amide bonds. The minimum Gasteiger partial charge on any atom is -0.207 e. The number of rotatable bonds is 1. The molecule has 13 heavy (non-hydrogen) atoms. The lowest BCUT2D eigenvalue weighted by atomic mass is 10.0. The topological polar surface area (TPSA) is 0 Å². The van der Waals surface area contributed by atoms with Gasteiger partial charge < -0.3 is 0 Å². The van der Waals surface area contributed by atoms with Gasteiger partial charge >= 0.3 is 0 Å². The molecule has 0 saturated carbocycles. The molecule has 0 aromatic heterocycles. The normalized spacial score (nSPS) is 10.6. The monoisotopic (exact) mass is 173 g/mol. The Hall–Kier alpha value is -1.37. The van der Waals surface area contributed by atoms with Crippen molar-refractivity contribution in [2.45, 2.75) is 6.92 Å². The molecule has 0 spiro atoms. The summed E-state index contributed by atoms with van der Waals surface area (Å²) in [7, 11) is 0. The predicted octanol–water partition coefficient (Wildman–Crippen LogP) is 3.55. The minimum absolute atomic E-state index is 0.152. The summed E-state index contributed by atoms with van der Waals surface area (Å²) in [6.45, 7) is 1.85. The van der Waals surface area contributed by atoms with Gasteiger partial charge in [0.1, 0.15) is 5.82 Å². The van der Waals surface area contributed by atoms with Crippen LogP contribution in [0, 0.1) is 12.2 Å². The van der Waals surface area contributed by atoms with E-state index in [4.69, 9.17) is 0 Å². The van der Waals surface area contributed by atoms with Gasteiger partial charge in [-0.25, -0.2) is 4.39 Å². The number of halogens is 1. The van der Waals surface area contributed by atoms with Crippen LogP contribution in [-0.2, 0) is 0 Å².